The molecule has 2 rings (SSSR count). The molecule has 0 bridgehead atoms. The first kappa shape index (κ1) is 15.4. The molecule has 1 aliphatic heterocycles. The summed E-state index contributed by atoms with van der Waals surface area (Å²) in [6.45, 7) is 7.29. The van der Waals surface area contributed by atoms with Gasteiger partial charge in [0, 0.05) is 24.7 Å². The van der Waals surface area contributed by atoms with Gasteiger partial charge < -0.3 is 14.6 Å². The summed E-state index contributed by atoms with van der Waals surface area (Å²) in [5, 5.41) is 3.06. The minimum atomic E-state index is -0.126. The molecule has 1 aromatic rings. The van der Waals surface area contributed by atoms with E-state index in [2.05, 4.69) is 17.1 Å². The Balaban J connectivity index is 1.86. The smallest absolute Gasteiger partial charge is 0.287 e. The summed E-state index contributed by atoms with van der Waals surface area (Å²) in [5.41, 5.74) is 0.884. The maximum Gasteiger partial charge on any atom is 0.287 e. The summed E-state index contributed by atoms with van der Waals surface area (Å²) in [6.07, 6.45) is 3.20. The van der Waals surface area contributed by atoms with E-state index in [9.17, 15) is 4.79 Å². The number of halogens is 1. The topological polar surface area (TPSA) is 45.5 Å². The van der Waals surface area contributed by atoms with Crippen molar-refractivity contribution in [2.75, 3.05) is 19.6 Å². The first-order valence-electron chi connectivity index (χ1n) is 7.32. The van der Waals surface area contributed by atoms with Gasteiger partial charge in [-0.25, -0.2) is 0 Å². The highest BCUT2D eigenvalue weighted by atomic mass is 35.5. The van der Waals surface area contributed by atoms with Gasteiger partial charge in [-0.05, 0) is 38.8 Å². The van der Waals surface area contributed by atoms with Crippen LogP contribution in [0, 0.1) is 6.92 Å². The van der Waals surface area contributed by atoms with Crippen molar-refractivity contribution in [2.24, 2.45) is 0 Å². The fourth-order valence-electron chi connectivity index (χ4n) is 2.64. The molecule has 1 amide bonds. The third-order valence-corrected chi connectivity index (χ3v) is 4.14. The van der Waals surface area contributed by atoms with Crippen LogP contribution in [0.5, 0.6) is 0 Å². The van der Waals surface area contributed by atoms with Gasteiger partial charge in [-0.15, -0.1) is 11.6 Å². The van der Waals surface area contributed by atoms with E-state index in [1.54, 1.807) is 6.07 Å². The third kappa shape index (κ3) is 3.76. The van der Waals surface area contributed by atoms with Gasteiger partial charge >= 0.3 is 0 Å². The van der Waals surface area contributed by atoms with Crippen molar-refractivity contribution in [1.29, 1.82) is 0 Å². The number of nitrogens with one attached hydrogen (secondary N) is 1. The molecule has 1 aliphatic rings. The molecular weight excluding hydrogens is 276 g/mol. The average molecular weight is 299 g/mol. The minimum absolute atomic E-state index is 0.126. The van der Waals surface area contributed by atoms with Gasteiger partial charge in [0.05, 0.1) is 5.88 Å². The predicted octanol–water partition coefficient (Wildman–Crippen LogP) is 2.93. The first-order chi connectivity index (χ1) is 9.63. The number of piperidine rings is 1. The van der Waals surface area contributed by atoms with E-state index in [0.29, 0.717) is 11.6 Å². The number of hydrogen-bond acceptors (Lipinski definition) is 3. The average Bonchev–Trinajstić information content (AvgIpc) is 2.82. The standard InChI is InChI=1S/C15H23ClN2O2/c1-3-6-18-7-4-13(5-8-18)17-15(19)14-9-12(10-16)11(2)20-14/h9,13H,3-8,10H2,1-2H3,(H,17,19). The molecule has 0 spiro atoms. The highest BCUT2D eigenvalue weighted by molar-refractivity contribution is 6.17. The fourth-order valence-corrected chi connectivity index (χ4v) is 2.90. The maximum atomic E-state index is 12.1. The molecule has 0 saturated carbocycles. The number of hydrogen-bond donors (Lipinski definition) is 1. The van der Waals surface area contributed by atoms with Crippen molar-refractivity contribution in [2.45, 2.75) is 45.0 Å². The van der Waals surface area contributed by atoms with E-state index in [-0.39, 0.29) is 11.9 Å². The van der Waals surface area contributed by atoms with E-state index in [4.69, 9.17) is 16.0 Å². The predicted molar refractivity (Wildman–Crippen MR) is 80.2 cm³/mol. The van der Waals surface area contributed by atoms with Crippen LogP contribution in [-0.2, 0) is 5.88 Å². The molecule has 1 N–H and O–H groups in total. The van der Waals surface area contributed by atoms with Crippen LogP contribution in [-0.4, -0.2) is 36.5 Å². The van der Waals surface area contributed by atoms with Crippen LogP contribution < -0.4 is 5.32 Å². The summed E-state index contributed by atoms with van der Waals surface area (Å²) in [6, 6.07) is 1.99. The van der Waals surface area contributed by atoms with Crippen molar-refractivity contribution >= 4 is 17.5 Å². The van der Waals surface area contributed by atoms with Gasteiger partial charge in [-0.2, -0.15) is 0 Å². The lowest BCUT2D eigenvalue weighted by Crippen LogP contribution is -2.44. The number of nitrogens with zero attached hydrogens (tertiary/aromatic N) is 1. The molecule has 0 aliphatic carbocycles. The molecule has 0 atom stereocenters. The molecule has 0 aromatic carbocycles. The molecule has 1 saturated heterocycles. The molecular formula is C15H23ClN2O2. The SMILES string of the molecule is CCCN1CCC(NC(=O)c2cc(CCl)c(C)o2)CC1. The Hall–Kier alpha value is -1.00. The number of amides is 1. The zero-order valence-corrected chi connectivity index (χ0v) is 13.0. The molecule has 1 aromatic heterocycles. The molecule has 112 valence electrons. The number of carbonyl (C=O) groups excluding carboxylic acids is 1. The van der Waals surface area contributed by atoms with Gasteiger partial charge in [0.15, 0.2) is 5.76 Å². The first-order valence-corrected chi connectivity index (χ1v) is 7.86. The zero-order valence-electron chi connectivity index (χ0n) is 12.2. The highest BCUT2D eigenvalue weighted by Gasteiger charge is 2.22. The summed E-state index contributed by atoms with van der Waals surface area (Å²) >= 11 is 5.79. The van der Waals surface area contributed by atoms with Crippen LogP contribution in [0.15, 0.2) is 10.5 Å². The van der Waals surface area contributed by atoms with E-state index >= 15 is 0 Å². The fraction of sp³-hybridized carbons (Fsp3) is 0.667. The van der Waals surface area contributed by atoms with E-state index in [1.807, 2.05) is 6.92 Å². The van der Waals surface area contributed by atoms with Crippen molar-refractivity contribution in [1.82, 2.24) is 10.2 Å². The minimum Gasteiger partial charge on any atom is -0.456 e. The van der Waals surface area contributed by atoms with Crippen molar-refractivity contribution in [3.05, 3.63) is 23.2 Å². The second-order valence-electron chi connectivity index (χ2n) is 5.42. The molecule has 5 heteroatoms. The van der Waals surface area contributed by atoms with Gasteiger partial charge in [0.2, 0.25) is 0 Å². The van der Waals surface area contributed by atoms with Crippen LogP contribution in [0.4, 0.5) is 0 Å². The van der Waals surface area contributed by atoms with Gasteiger partial charge in [-0.3, -0.25) is 4.79 Å². The number of rotatable bonds is 5. The third-order valence-electron chi connectivity index (χ3n) is 3.85. The molecule has 4 nitrogen and oxygen atoms in total. The van der Waals surface area contributed by atoms with Crippen LogP contribution in [0.1, 0.15) is 48.1 Å². The lowest BCUT2D eigenvalue weighted by atomic mass is 10.0. The largest absolute Gasteiger partial charge is 0.456 e. The Morgan fingerprint density at radius 2 is 2.20 bits per heavy atom. The Morgan fingerprint density at radius 1 is 1.50 bits per heavy atom. The van der Waals surface area contributed by atoms with Crippen LogP contribution >= 0.6 is 11.6 Å². The van der Waals surface area contributed by atoms with Crippen molar-refractivity contribution in [3.63, 3.8) is 0 Å². The maximum absolute atomic E-state index is 12.1. The molecule has 2 heterocycles. The summed E-state index contributed by atoms with van der Waals surface area (Å²) < 4.78 is 5.46. The van der Waals surface area contributed by atoms with Crippen molar-refractivity contribution in [3.8, 4) is 0 Å². The summed E-state index contributed by atoms with van der Waals surface area (Å²) in [4.78, 5) is 14.6. The Bertz CT molecular complexity index is 451. The van der Waals surface area contributed by atoms with E-state index < -0.39 is 0 Å². The Morgan fingerprint density at radius 3 is 2.75 bits per heavy atom. The van der Waals surface area contributed by atoms with Crippen LogP contribution in [0.2, 0.25) is 0 Å². The number of likely N-dealkylation sites (tertiary alicyclic amines) is 1. The van der Waals surface area contributed by atoms with Crippen molar-refractivity contribution < 1.29 is 9.21 Å². The molecule has 0 unspecified atom stereocenters. The molecule has 1 fully saturated rings. The number of carbonyl (C=O) groups is 1. The lowest BCUT2D eigenvalue weighted by molar-refractivity contribution is 0.0882. The second-order valence-corrected chi connectivity index (χ2v) is 5.68. The number of alkyl halides is 1. The van der Waals surface area contributed by atoms with Crippen LogP contribution in [0.25, 0.3) is 0 Å². The quantitative estimate of drug-likeness (QED) is 0.850. The van der Waals surface area contributed by atoms with Crippen LogP contribution in [0.3, 0.4) is 0 Å². The highest BCUT2D eigenvalue weighted by Crippen LogP contribution is 2.17. The number of furan rings is 1. The Labute approximate surface area is 125 Å². The van der Waals surface area contributed by atoms with E-state index in [1.165, 1.54) is 6.42 Å². The Kier molecular flexibility index (Phi) is 5.49. The summed E-state index contributed by atoms with van der Waals surface area (Å²) in [5.74, 6) is 1.34. The van der Waals surface area contributed by atoms with Gasteiger partial charge in [0.1, 0.15) is 5.76 Å². The van der Waals surface area contributed by atoms with E-state index in [0.717, 1.165) is 43.8 Å². The van der Waals surface area contributed by atoms with Gasteiger partial charge in [0.25, 0.3) is 5.91 Å². The van der Waals surface area contributed by atoms with Gasteiger partial charge in [-0.1, -0.05) is 6.92 Å². The monoisotopic (exact) mass is 298 g/mol. The molecule has 0 radical (unpaired) electrons. The second kappa shape index (κ2) is 7.14. The normalized spacial score (nSPS) is 17.4. The summed E-state index contributed by atoms with van der Waals surface area (Å²) in [7, 11) is 0. The number of aryl methyl sites for hydroxylation is 1. The molecule has 20 heavy (non-hydrogen) atoms. The zero-order chi connectivity index (χ0) is 14.5. The lowest BCUT2D eigenvalue weighted by Gasteiger charge is -2.31.